The Bertz CT molecular complexity index is 1370. The number of fused-ring (bicyclic) bond motifs is 2. The zero-order valence-corrected chi connectivity index (χ0v) is 19.6. The van der Waals surface area contributed by atoms with Crippen LogP contribution in [-0.2, 0) is 11.4 Å². The lowest BCUT2D eigenvalue weighted by Gasteiger charge is -2.15. The molecule has 1 N–H and O–H groups in total. The summed E-state index contributed by atoms with van der Waals surface area (Å²) >= 11 is 2.25. The van der Waals surface area contributed by atoms with Gasteiger partial charge in [-0.25, -0.2) is 0 Å². The van der Waals surface area contributed by atoms with Crippen LogP contribution in [0.5, 0.6) is 11.5 Å². The number of hydrogen-bond acceptors (Lipinski definition) is 3. The molecule has 0 fully saturated rings. The number of methoxy groups -OCH3 is 1. The molecule has 0 saturated heterocycles. The van der Waals surface area contributed by atoms with Crippen molar-refractivity contribution in [3.05, 3.63) is 99.1 Å². The number of amides is 1. The van der Waals surface area contributed by atoms with Gasteiger partial charge in [0.2, 0.25) is 0 Å². The number of halogens is 1. The Kier molecular flexibility index (Phi) is 5.57. The van der Waals surface area contributed by atoms with Crippen LogP contribution in [0.15, 0.2) is 78.9 Å². The molecule has 0 saturated carbocycles. The van der Waals surface area contributed by atoms with Crippen LogP contribution in [-0.4, -0.2) is 13.0 Å². The van der Waals surface area contributed by atoms with Crippen LogP contribution < -0.4 is 14.8 Å². The number of ether oxygens (including phenoxy) is 2. The van der Waals surface area contributed by atoms with Crippen molar-refractivity contribution in [1.82, 2.24) is 0 Å². The molecule has 5 rings (SSSR count). The summed E-state index contributed by atoms with van der Waals surface area (Å²) in [5.74, 6) is 1.23. The Morgan fingerprint density at radius 1 is 0.969 bits per heavy atom. The van der Waals surface area contributed by atoms with Crippen LogP contribution in [0.2, 0.25) is 0 Å². The number of carbonyl (C=O) groups is 1. The molecular formula is C27H20INO3. The number of carbonyl (C=O) groups excluding carboxylic acids is 1. The highest BCUT2D eigenvalue weighted by molar-refractivity contribution is 14.1. The molecule has 32 heavy (non-hydrogen) atoms. The fourth-order valence-corrected chi connectivity index (χ4v) is 4.76. The molecule has 1 aliphatic rings. The minimum absolute atomic E-state index is 0.101. The van der Waals surface area contributed by atoms with E-state index in [2.05, 4.69) is 52.2 Å². The highest BCUT2D eigenvalue weighted by Gasteiger charge is 2.23. The molecule has 0 radical (unpaired) electrons. The minimum Gasteiger partial charge on any atom is -0.493 e. The lowest BCUT2D eigenvalue weighted by atomic mass is 10.0. The fourth-order valence-electron chi connectivity index (χ4n) is 3.98. The normalized spacial score (nSPS) is 13.8. The SMILES string of the molecule is COc1cc(/C=C2\C(=O)Nc3ccccc32)cc(I)c1OCc1cccc2ccccc12. The van der Waals surface area contributed by atoms with E-state index in [1.165, 1.54) is 10.8 Å². The summed E-state index contributed by atoms with van der Waals surface area (Å²) in [6.07, 6.45) is 1.89. The molecule has 1 aliphatic heterocycles. The summed E-state index contributed by atoms with van der Waals surface area (Å²) in [7, 11) is 1.63. The standard InChI is InChI=1S/C27H20INO3/c1-31-25-15-17(13-22-21-11-4-5-12-24(21)29-27(22)30)14-23(28)26(25)32-16-19-9-6-8-18-7-2-3-10-20(18)19/h2-15H,16H2,1H3,(H,29,30)/b22-13-. The van der Waals surface area contributed by atoms with Crippen LogP contribution in [0.4, 0.5) is 5.69 Å². The summed E-state index contributed by atoms with van der Waals surface area (Å²) in [5.41, 5.74) is 4.38. The Morgan fingerprint density at radius 2 is 1.75 bits per heavy atom. The smallest absolute Gasteiger partial charge is 0.256 e. The first-order valence-electron chi connectivity index (χ1n) is 10.2. The summed E-state index contributed by atoms with van der Waals surface area (Å²) in [5, 5.41) is 5.27. The fraction of sp³-hybridized carbons (Fsp3) is 0.0741. The van der Waals surface area contributed by atoms with Crippen molar-refractivity contribution in [3.63, 3.8) is 0 Å². The van der Waals surface area contributed by atoms with Gasteiger partial charge in [-0.15, -0.1) is 0 Å². The second-order valence-electron chi connectivity index (χ2n) is 7.52. The van der Waals surface area contributed by atoms with Crippen molar-refractivity contribution in [2.45, 2.75) is 6.61 Å². The van der Waals surface area contributed by atoms with Crippen LogP contribution in [0.1, 0.15) is 16.7 Å². The van der Waals surface area contributed by atoms with Crippen LogP contribution in [0, 0.1) is 3.57 Å². The average Bonchev–Trinajstić information content (AvgIpc) is 3.13. The van der Waals surface area contributed by atoms with E-state index in [0.717, 1.165) is 25.9 Å². The largest absolute Gasteiger partial charge is 0.493 e. The maximum Gasteiger partial charge on any atom is 0.256 e. The van der Waals surface area contributed by atoms with Crippen molar-refractivity contribution >= 4 is 56.6 Å². The van der Waals surface area contributed by atoms with Gasteiger partial charge in [-0.1, -0.05) is 60.7 Å². The van der Waals surface area contributed by atoms with Crippen LogP contribution in [0.3, 0.4) is 0 Å². The van der Waals surface area contributed by atoms with Crippen LogP contribution >= 0.6 is 22.6 Å². The predicted octanol–water partition coefficient (Wildman–Crippen LogP) is 6.52. The molecule has 4 aromatic rings. The highest BCUT2D eigenvalue weighted by atomic mass is 127. The first kappa shape index (κ1) is 20.6. The number of nitrogens with one attached hydrogen (secondary N) is 1. The second kappa shape index (κ2) is 8.67. The molecule has 158 valence electrons. The molecule has 5 heteroatoms. The molecule has 0 aliphatic carbocycles. The summed E-state index contributed by atoms with van der Waals surface area (Å²) < 4.78 is 12.8. The van der Waals surface area contributed by atoms with Gasteiger partial charge < -0.3 is 14.8 Å². The third-order valence-corrected chi connectivity index (χ3v) is 6.33. The van der Waals surface area contributed by atoms with E-state index in [9.17, 15) is 4.79 Å². The molecular weight excluding hydrogens is 513 g/mol. The highest BCUT2D eigenvalue weighted by Crippen LogP contribution is 2.38. The van der Waals surface area contributed by atoms with E-state index in [4.69, 9.17) is 9.47 Å². The lowest BCUT2D eigenvalue weighted by molar-refractivity contribution is -0.110. The summed E-state index contributed by atoms with van der Waals surface area (Å²) in [4.78, 5) is 12.5. The van der Waals surface area contributed by atoms with Crippen LogP contribution in [0.25, 0.3) is 22.4 Å². The maximum atomic E-state index is 12.5. The molecule has 0 bridgehead atoms. The molecule has 0 aromatic heterocycles. The van der Waals surface area contributed by atoms with Crippen molar-refractivity contribution in [2.75, 3.05) is 12.4 Å². The van der Waals surface area contributed by atoms with Crippen molar-refractivity contribution in [1.29, 1.82) is 0 Å². The second-order valence-corrected chi connectivity index (χ2v) is 8.68. The van der Waals surface area contributed by atoms with Gasteiger partial charge in [-0.05, 0) is 68.8 Å². The monoisotopic (exact) mass is 533 g/mol. The van der Waals surface area contributed by atoms with E-state index in [1.54, 1.807) is 7.11 Å². The van der Waals surface area contributed by atoms with Gasteiger partial charge in [-0.3, -0.25) is 4.79 Å². The first-order chi connectivity index (χ1) is 15.6. The number of hydrogen-bond donors (Lipinski definition) is 1. The Balaban J connectivity index is 1.46. The molecule has 1 amide bonds. The van der Waals surface area contributed by atoms with Gasteiger partial charge in [0.15, 0.2) is 11.5 Å². The van der Waals surface area contributed by atoms with Crippen molar-refractivity contribution in [3.8, 4) is 11.5 Å². The molecule has 1 heterocycles. The minimum atomic E-state index is -0.101. The van der Waals surface area contributed by atoms with E-state index >= 15 is 0 Å². The Labute approximate surface area is 200 Å². The molecule has 0 spiro atoms. The van der Waals surface area contributed by atoms with Gasteiger partial charge >= 0.3 is 0 Å². The summed E-state index contributed by atoms with van der Waals surface area (Å²) in [6.45, 7) is 0.434. The third kappa shape index (κ3) is 3.84. The van der Waals surface area contributed by atoms with Gasteiger partial charge in [0, 0.05) is 16.8 Å². The lowest BCUT2D eigenvalue weighted by Crippen LogP contribution is -2.04. The van der Waals surface area contributed by atoms with Gasteiger partial charge in [0.05, 0.1) is 10.7 Å². The predicted molar refractivity (Wildman–Crippen MR) is 137 cm³/mol. The Morgan fingerprint density at radius 3 is 2.62 bits per heavy atom. The molecule has 4 nitrogen and oxygen atoms in total. The topological polar surface area (TPSA) is 47.6 Å². The quantitative estimate of drug-likeness (QED) is 0.235. The number of rotatable bonds is 5. The maximum absolute atomic E-state index is 12.5. The summed E-state index contributed by atoms with van der Waals surface area (Å²) in [6, 6.07) is 26.1. The zero-order valence-electron chi connectivity index (χ0n) is 17.4. The van der Waals surface area contributed by atoms with E-state index in [1.807, 2.05) is 60.7 Å². The number of para-hydroxylation sites is 1. The van der Waals surface area contributed by atoms with E-state index < -0.39 is 0 Å². The van der Waals surface area contributed by atoms with E-state index in [0.29, 0.717) is 23.7 Å². The molecule has 0 unspecified atom stereocenters. The zero-order chi connectivity index (χ0) is 22.1. The number of anilines is 1. The number of benzene rings is 4. The van der Waals surface area contributed by atoms with Gasteiger partial charge in [0.1, 0.15) is 6.61 Å². The Hall–Kier alpha value is -3.32. The third-order valence-electron chi connectivity index (χ3n) is 5.52. The molecule has 0 atom stereocenters. The average molecular weight is 533 g/mol. The van der Waals surface area contributed by atoms with Crippen molar-refractivity contribution in [2.24, 2.45) is 0 Å². The van der Waals surface area contributed by atoms with Crippen molar-refractivity contribution < 1.29 is 14.3 Å². The molecule has 4 aromatic carbocycles. The van der Waals surface area contributed by atoms with E-state index in [-0.39, 0.29) is 5.91 Å². The van der Waals surface area contributed by atoms with Gasteiger partial charge in [0.25, 0.3) is 5.91 Å². The van der Waals surface area contributed by atoms with Gasteiger partial charge in [-0.2, -0.15) is 0 Å². The first-order valence-corrected chi connectivity index (χ1v) is 11.3.